The van der Waals surface area contributed by atoms with Crippen molar-refractivity contribution in [3.8, 4) is 0 Å². The van der Waals surface area contributed by atoms with Gasteiger partial charge in [-0.25, -0.2) is 0 Å². The minimum absolute atomic E-state index is 0.748. The summed E-state index contributed by atoms with van der Waals surface area (Å²) >= 11 is 0. The van der Waals surface area contributed by atoms with Crippen LogP contribution in [0.15, 0.2) is 4.99 Å². The normalized spacial score (nSPS) is 13.3. The van der Waals surface area contributed by atoms with Crippen molar-refractivity contribution >= 4 is 11.8 Å². The van der Waals surface area contributed by atoms with E-state index in [2.05, 4.69) is 16.8 Å². The number of amidine groups is 1. The van der Waals surface area contributed by atoms with Gasteiger partial charge in [0.25, 0.3) is 5.97 Å². The van der Waals surface area contributed by atoms with E-state index >= 15 is 0 Å². The lowest BCUT2D eigenvalue weighted by Gasteiger charge is -2.19. The molecule has 0 aromatic carbocycles. The van der Waals surface area contributed by atoms with E-state index in [-0.39, 0.29) is 0 Å². The maximum atomic E-state index is 9.00. The number of nitrogens with zero attached hydrogens (tertiary/aromatic N) is 2. The first-order valence-electron chi connectivity index (χ1n) is 11.3. The van der Waals surface area contributed by atoms with Crippen LogP contribution in [0.5, 0.6) is 0 Å². The van der Waals surface area contributed by atoms with Crippen LogP contribution in [-0.2, 0) is 4.79 Å². The first-order chi connectivity index (χ1) is 13.1. The molecule has 5 nitrogen and oxygen atoms in total. The molecule has 0 saturated heterocycles. The number of hydrogen-bond acceptors (Lipinski definition) is 4. The summed E-state index contributed by atoms with van der Waals surface area (Å²) < 4.78 is 0. The number of rotatable bonds is 16. The summed E-state index contributed by atoms with van der Waals surface area (Å²) in [4.78, 5) is 16.0. The van der Waals surface area contributed by atoms with Gasteiger partial charge in [-0.15, -0.1) is 0 Å². The minimum Gasteiger partial charge on any atom is -0.481 e. The van der Waals surface area contributed by atoms with E-state index in [1.54, 1.807) is 0 Å². The Morgan fingerprint density at radius 3 is 1.85 bits per heavy atom. The highest BCUT2D eigenvalue weighted by Gasteiger charge is 2.14. The van der Waals surface area contributed by atoms with Crippen LogP contribution in [0.25, 0.3) is 0 Å². The fourth-order valence-electron chi connectivity index (χ4n) is 3.46. The van der Waals surface area contributed by atoms with Gasteiger partial charge in [0.2, 0.25) is 0 Å². The van der Waals surface area contributed by atoms with Crippen molar-refractivity contribution in [1.29, 1.82) is 0 Å². The average molecular weight is 384 g/mol. The fourth-order valence-corrected chi connectivity index (χ4v) is 3.46. The summed E-state index contributed by atoms with van der Waals surface area (Å²) in [5, 5.41) is 7.42. The Bertz CT molecular complexity index is 369. The van der Waals surface area contributed by atoms with Gasteiger partial charge in [0.15, 0.2) is 0 Å². The molecule has 0 radical (unpaired) electrons. The Hall–Kier alpha value is -1.10. The summed E-state index contributed by atoms with van der Waals surface area (Å²) in [5.74, 6) is 0.485. The molecule has 5 heteroatoms. The number of aliphatic carboxylic acids is 1. The second-order valence-electron chi connectivity index (χ2n) is 7.59. The SMILES string of the molecule is CC(=O)O.CCCCCCCCCCCCCCCC1=NCCN1CCN. The number of carboxylic acid groups (broad SMARTS) is 1. The minimum atomic E-state index is -0.833. The van der Waals surface area contributed by atoms with Crippen LogP contribution in [0, 0.1) is 0 Å². The topological polar surface area (TPSA) is 78.9 Å². The average Bonchev–Trinajstić information content (AvgIpc) is 3.06. The van der Waals surface area contributed by atoms with Crippen molar-refractivity contribution in [2.45, 2.75) is 104 Å². The monoisotopic (exact) mass is 383 g/mol. The van der Waals surface area contributed by atoms with Crippen LogP contribution in [0.3, 0.4) is 0 Å². The molecule has 0 atom stereocenters. The molecule has 0 fully saturated rings. The highest BCUT2D eigenvalue weighted by atomic mass is 16.4. The standard InChI is InChI=1S/C20H41N3.C2H4O2/c1-2-3-4-5-6-7-8-9-10-11-12-13-14-15-20-22-17-19-23(20)18-16-21;1-2(3)4/h2-19,21H2,1H3;1H3,(H,3,4). The van der Waals surface area contributed by atoms with Crippen LogP contribution >= 0.6 is 0 Å². The molecule has 0 bridgehead atoms. The molecule has 0 saturated carbocycles. The number of hydrogen-bond donors (Lipinski definition) is 2. The summed E-state index contributed by atoms with van der Waals surface area (Å²) in [7, 11) is 0. The Labute approximate surface area is 167 Å². The lowest BCUT2D eigenvalue weighted by molar-refractivity contribution is -0.134. The first-order valence-corrected chi connectivity index (χ1v) is 11.3. The van der Waals surface area contributed by atoms with Crippen molar-refractivity contribution in [2.24, 2.45) is 10.7 Å². The van der Waals surface area contributed by atoms with E-state index in [9.17, 15) is 0 Å². The number of aliphatic imine (C=N–C) groups is 1. The van der Waals surface area contributed by atoms with Crippen molar-refractivity contribution in [2.75, 3.05) is 26.2 Å². The molecule has 27 heavy (non-hydrogen) atoms. The molecule has 1 heterocycles. The number of carbonyl (C=O) groups is 1. The number of unbranched alkanes of at least 4 members (excludes halogenated alkanes) is 12. The van der Waals surface area contributed by atoms with Gasteiger partial charge in [-0.2, -0.15) is 0 Å². The van der Waals surface area contributed by atoms with E-state index in [0.717, 1.165) is 39.5 Å². The fraction of sp³-hybridized carbons (Fsp3) is 0.909. The van der Waals surface area contributed by atoms with Crippen LogP contribution in [-0.4, -0.2) is 48.0 Å². The maximum absolute atomic E-state index is 9.00. The highest BCUT2D eigenvalue weighted by molar-refractivity contribution is 5.83. The number of carboxylic acids is 1. The second kappa shape index (κ2) is 19.7. The van der Waals surface area contributed by atoms with E-state index in [4.69, 9.17) is 15.6 Å². The second-order valence-corrected chi connectivity index (χ2v) is 7.59. The van der Waals surface area contributed by atoms with E-state index in [0.29, 0.717) is 0 Å². The highest BCUT2D eigenvalue weighted by Crippen LogP contribution is 2.14. The smallest absolute Gasteiger partial charge is 0.300 e. The zero-order valence-electron chi connectivity index (χ0n) is 18.1. The van der Waals surface area contributed by atoms with E-state index < -0.39 is 5.97 Å². The molecular weight excluding hydrogens is 338 g/mol. The lowest BCUT2D eigenvalue weighted by atomic mass is 10.0. The first kappa shape index (κ1) is 25.9. The predicted octanol–water partition coefficient (Wildman–Crippen LogP) is 5.23. The van der Waals surface area contributed by atoms with Crippen LogP contribution in [0.4, 0.5) is 0 Å². The lowest BCUT2D eigenvalue weighted by Crippen LogP contribution is -2.32. The Morgan fingerprint density at radius 1 is 0.963 bits per heavy atom. The molecule has 0 aromatic heterocycles. The summed E-state index contributed by atoms with van der Waals surface area (Å²) in [6.07, 6.45) is 19.6. The van der Waals surface area contributed by atoms with Crippen LogP contribution in [0.1, 0.15) is 104 Å². The number of nitrogens with two attached hydrogens (primary N) is 1. The Morgan fingerprint density at radius 2 is 1.41 bits per heavy atom. The molecule has 3 N–H and O–H groups in total. The van der Waals surface area contributed by atoms with Gasteiger partial charge >= 0.3 is 0 Å². The molecular formula is C22H45N3O2. The zero-order chi connectivity index (χ0) is 20.2. The summed E-state index contributed by atoms with van der Waals surface area (Å²) in [5.41, 5.74) is 5.65. The van der Waals surface area contributed by atoms with Crippen LogP contribution in [0.2, 0.25) is 0 Å². The van der Waals surface area contributed by atoms with Gasteiger partial charge in [-0.1, -0.05) is 84.0 Å². The Balaban J connectivity index is 0.00000153. The van der Waals surface area contributed by atoms with Crippen LogP contribution < -0.4 is 5.73 Å². The molecule has 0 amide bonds. The molecule has 1 aliphatic rings. The van der Waals surface area contributed by atoms with E-state index in [1.165, 1.54) is 89.3 Å². The predicted molar refractivity (Wildman–Crippen MR) is 117 cm³/mol. The molecule has 0 unspecified atom stereocenters. The largest absolute Gasteiger partial charge is 0.481 e. The third kappa shape index (κ3) is 18.0. The quantitative estimate of drug-likeness (QED) is 0.358. The molecule has 0 spiro atoms. The van der Waals surface area contributed by atoms with Crippen molar-refractivity contribution < 1.29 is 9.90 Å². The van der Waals surface area contributed by atoms with E-state index in [1.807, 2.05) is 0 Å². The van der Waals surface area contributed by atoms with Gasteiger partial charge in [-0.05, 0) is 6.42 Å². The molecule has 1 rings (SSSR count). The van der Waals surface area contributed by atoms with Crippen molar-refractivity contribution in [3.05, 3.63) is 0 Å². The molecule has 0 aromatic rings. The molecule has 1 aliphatic heterocycles. The van der Waals surface area contributed by atoms with Crippen molar-refractivity contribution in [3.63, 3.8) is 0 Å². The van der Waals surface area contributed by atoms with Gasteiger partial charge in [0, 0.05) is 33.0 Å². The Kier molecular flexibility index (Phi) is 18.9. The van der Waals surface area contributed by atoms with Crippen molar-refractivity contribution in [1.82, 2.24) is 4.90 Å². The van der Waals surface area contributed by atoms with Gasteiger partial charge in [-0.3, -0.25) is 9.79 Å². The third-order valence-electron chi connectivity index (χ3n) is 4.93. The summed E-state index contributed by atoms with van der Waals surface area (Å²) in [6, 6.07) is 0. The van der Waals surface area contributed by atoms with Gasteiger partial charge in [0.05, 0.1) is 12.4 Å². The van der Waals surface area contributed by atoms with Gasteiger partial charge in [0.1, 0.15) is 0 Å². The van der Waals surface area contributed by atoms with Gasteiger partial charge < -0.3 is 15.7 Å². The zero-order valence-corrected chi connectivity index (χ0v) is 18.1. The molecule has 160 valence electrons. The third-order valence-corrected chi connectivity index (χ3v) is 4.93. The maximum Gasteiger partial charge on any atom is 0.300 e. The molecule has 0 aliphatic carbocycles. The summed E-state index contributed by atoms with van der Waals surface area (Å²) in [6.45, 7) is 7.17.